The molecule has 22 heavy (non-hydrogen) atoms. The molecule has 1 aliphatic heterocycles. The molecule has 0 atom stereocenters. The van der Waals surface area contributed by atoms with Crippen LogP contribution in [0.15, 0.2) is 66.7 Å². The van der Waals surface area contributed by atoms with E-state index in [4.69, 9.17) is 4.74 Å². The van der Waals surface area contributed by atoms with E-state index >= 15 is 0 Å². The minimum Gasteiger partial charge on any atom is -0.439 e. The monoisotopic (exact) mass is 289 g/mol. The lowest BCUT2D eigenvalue weighted by molar-refractivity contribution is -0.644. The molecule has 0 unspecified atom stereocenters. The van der Waals surface area contributed by atoms with Gasteiger partial charge in [0, 0.05) is 25.3 Å². The second-order valence-electron chi connectivity index (χ2n) is 5.51. The number of hydrogen-bond acceptors (Lipinski definition) is 2. The number of hydrogen-bond donors (Lipinski definition) is 0. The fourth-order valence-electron chi connectivity index (χ4n) is 2.89. The third-order valence-electron chi connectivity index (χ3n) is 4.12. The van der Waals surface area contributed by atoms with Crippen LogP contribution in [0.3, 0.4) is 0 Å². The standard InChI is InChI=1S/C19H17N2O/c1-20-12-11-14(15-7-3-4-8-16(15)20)13-19-21(2)17-9-5-6-10-18(17)22-19/h3-13H,1-2H3/q+1. The maximum Gasteiger partial charge on any atom is 0.212 e. The number of nitrogens with zero attached hydrogens (tertiary/aromatic N) is 2. The molecule has 0 fully saturated rings. The van der Waals surface area contributed by atoms with Gasteiger partial charge >= 0.3 is 0 Å². The van der Waals surface area contributed by atoms with Crippen LogP contribution in [0.4, 0.5) is 5.69 Å². The van der Waals surface area contributed by atoms with E-state index in [2.05, 4.69) is 65.2 Å². The summed E-state index contributed by atoms with van der Waals surface area (Å²) in [5.41, 5.74) is 3.46. The molecule has 4 rings (SSSR count). The average molecular weight is 289 g/mol. The number of para-hydroxylation sites is 3. The molecule has 2 heterocycles. The Balaban J connectivity index is 1.84. The van der Waals surface area contributed by atoms with Gasteiger partial charge in [0.2, 0.25) is 11.4 Å². The topological polar surface area (TPSA) is 16.4 Å². The number of ether oxygens (including phenoxy) is 1. The SMILES string of the molecule is CN1C(=Cc2cc[n+](C)c3ccccc23)Oc2ccccc21. The summed E-state index contributed by atoms with van der Waals surface area (Å²) in [5, 5.41) is 1.22. The van der Waals surface area contributed by atoms with E-state index < -0.39 is 0 Å². The van der Waals surface area contributed by atoms with Crippen molar-refractivity contribution in [2.75, 3.05) is 11.9 Å². The molecule has 3 nitrogen and oxygen atoms in total. The number of benzene rings is 2. The first-order chi connectivity index (χ1) is 10.7. The molecule has 0 radical (unpaired) electrons. The number of fused-ring (bicyclic) bond motifs is 2. The first kappa shape index (κ1) is 12.9. The second-order valence-corrected chi connectivity index (χ2v) is 5.51. The third kappa shape index (κ3) is 1.94. The van der Waals surface area contributed by atoms with Crippen molar-refractivity contribution < 1.29 is 9.30 Å². The van der Waals surface area contributed by atoms with E-state index in [1.54, 1.807) is 0 Å². The fourth-order valence-corrected chi connectivity index (χ4v) is 2.89. The number of aromatic nitrogens is 1. The minimum absolute atomic E-state index is 0.847. The van der Waals surface area contributed by atoms with Crippen LogP contribution in [0, 0.1) is 0 Å². The van der Waals surface area contributed by atoms with E-state index in [1.807, 2.05) is 25.2 Å². The molecule has 0 N–H and O–H groups in total. The summed E-state index contributed by atoms with van der Waals surface area (Å²) in [5.74, 6) is 1.75. The Morgan fingerprint density at radius 3 is 2.64 bits per heavy atom. The van der Waals surface area contributed by atoms with Crippen LogP contribution in [0.1, 0.15) is 5.56 Å². The number of aryl methyl sites for hydroxylation is 1. The van der Waals surface area contributed by atoms with Gasteiger partial charge in [-0.1, -0.05) is 24.3 Å². The van der Waals surface area contributed by atoms with Gasteiger partial charge in [-0.15, -0.1) is 0 Å². The van der Waals surface area contributed by atoms with Crippen LogP contribution in [0.5, 0.6) is 5.75 Å². The number of anilines is 1. The van der Waals surface area contributed by atoms with Gasteiger partial charge in [0.05, 0.1) is 11.1 Å². The van der Waals surface area contributed by atoms with Gasteiger partial charge in [-0.25, -0.2) is 4.57 Å². The summed E-state index contributed by atoms with van der Waals surface area (Å²) in [6.07, 6.45) is 4.18. The first-order valence-electron chi connectivity index (χ1n) is 7.34. The van der Waals surface area contributed by atoms with Gasteiger partial charge in [0.25, 0.3) is 0 Å². The van der Waals surface area contributed by atoms with Crippen molar-refractivity contribution in [2.24, 2.45) is 7.05 Å². The third-order valence-corrected chi connectivity index (χ3v) is 4.12. The molecule has 0 bridgehead atoms. The van der Waals surface area contributed by atoms with Crippen molar-refractivity contribution in [1.29, 1.82) is 0 Å². The van der Waals surface area contributed by atoms with Crippen LogP contribution >= 0.6 is 0 Å². The Kier molecular flexibility index (Phi) is 2.86. The molecular weight excluding hydrogens is 272 g/mol. The molecule has 0 amide bonds. The molecule has 1 aliphatic rings. The molecule has 0 saturated heterocycles. The lowest BCUT2D eigenvalue weighted by Crippen LogP contribution is -2.28. The van der Waals surface area contributed by atoms with Crippen LogP contribution < -0.4 is 14.2 Å². The normalized spacial score (nSPS) is 15.2. The summed E-state index contributed by atoms with van der Waals surface area (Å²) in [6, 6.07) is 18.6. The zero-order chi connectivity index (χ0) is 15.1. The Morgan fingerprint density at radius 1 is 1.00 bits per heavy atom. The number of rotatable bonds is 1. The highest BCUT2D eigenvalue weighted by molar-refractivity contribution is 5.86. The summed E-state index contributed by atoms with van der Waals surface area (Å²) in [6.45, 7) is 0. The highest BCUT2D eigenvalue weighted by Gasteiger charge is 2.22. The van der Waals surface area contributed by atoms with Crippen molar-refractivity contribution in [3.8, 4) is 5.75 Å². The average Bonchev–Trinajstić information content (AvgIpc) is 2.87. The molecule has 3 heteroatoms. The lowest BCUT2D eigenvalue weighted by Gasteiger charge is -2.11. The minimum atomic E-state index is 0.847. The van der Waals surface area contributed by atoms with Crippen molar-refractivity contribution in [1.82, 2.24) is 0 Å². The zero-order valence-electron chi connectivity index (χ0n) is 12.7. The fraction of sp³-hybridized carbons (Fsp3) is 0.105. The molecular formula is C19H17N2O+. The van der Waals surface area contributed by atoms with E-state index in [0.29, 0.717) is 0 Å². The van der Waals surface area contributed by atoms with Crippen molar-refractivity contribution in [3.63, 3.8) is 0 Å². The first-order valence-corrected chi connectivity index (χ1v) is 7.34. The highest BCUT2D eigenvalue weighted by Crippen LogP contribution is 2.38. The van der Waals surface area contributed by atoms with Crippen LogP contribution in [-0.4, -0.2) is 7.05 Å². The molecule has 108 valence electrons. The van der Waals surface area contributed by atoms with Gasteiger partial charge in [-0.2, -0.15) is 0 Å². The van der Waals surface area contributed by atoms with Crippen LogP contribution in [0.25, 0.3) is 17.0 Å². The lowest BCUT2D eigenvalue weighted by atomic mass is 10.1. The van der Waals surface area contributed by atoms with E-state index in [1.165, 1.54) is 10.9 Å². The second kappa shape index (κ2) is 4.88. The summed E-state index contributed by atoms with van der Waals surface area (Å²) < 4.78 is 8.11. The maximum absolute atomic E-state index is 5.98. The van der Waals surface area contributed by atoms with Crippen molar-refractivity contribution in [2.45, 2.75) is 0 Å². The maximum atomic E-state index is 5.98. The summed E-state index contributed by atoms with van der Waals surface area (Å²) in [7, 11) is 4.09. The Bertz CT molecular complexity index is 899. The smallest absolute Gasteiger partial charge is 0.212 e. The van der Waals surface area contributed by atoms with Crippen LogP contribution in [0.2, 0.25) is 0 Å². The quantitative estimate of drug-likeness (QED) is 0.638. The van der Waals surface area contributed by atoms with E-state index in [-0.39, 0.29) is 0 Å². The summed E-state index contributed by atoms with van der Waals surface area (Å²) >= 11 is 0. The molecule has 0 saturated carbocycles. The van der Waals surface area contributed by atoms with Crippen LogP contribution in [-0.2, 0) is 7.05 Å². The highest BCUT2D eigenvalue weighted by atomic mass is 16.5. The van der Waals surface area contributed by atoms with Crippen molar-refractivity contribution in [3.05, 3.63) is 72.2 Å². The molecule has 1 aromatic heterocycles. The molecule has 2 aromatic carbocycles. The van der Waals surface area contributed by atoms with Gasteiger partial charge in [-0.05, 0) is 23.8 Å². The van der Waals surface area contributed by atoms with E-state index in [0.717, 1.165) is 22.9 Å². The van der Waals surface area contributed by atoms with Crippen molar-refractivity contribution >= 4 is 22.7 Å². The number of pyridine rings is 1. The van der Waals surface area contributed by atoms with E-state index in [9.17, 15) is 0 Å². The van der Waals surface area contributed by atoms with Gasteiger partial charge in [0.15, 0.2) is 11.9 Å². The Hall–Kier alpha value is -2.81. The Morgan fingerprint density at radius 2 is 1.77 bits per heavy atom. The summed E-state index contributed by atoms with van der Waals surface area (Å²) in [4.78, 5) is 2.08. The molecule has 3 aromatic rings. The Labute approximate surface area is 129 Å². The largest absolute Gasteiger partial charge is 0.439 e. The molecule has 0 aliphatic carbocycles. The molecule has 0 spiro atoms. The predicted octanol–water partition coefficient (Wildman–Crippen LogP) is 3.49. The zero-order valence-corrected chi connectivity index (χ0v) is 12.7. The van der Waals surface area contributed by atoms with Gasteiger partial charge in [-0.3, -0.25) is 0 Å². The van der Waals surface area contributed by atoms with Gasteiger partial charge in [0.1, 0.15) is 7.05 Å². The van der Waals surface area contributed by atoms with Gasteiger partial charge < -0.3 is 9.64 Å². The predicted molar refractivity (Wildman–Crippen MR) is 88.6 cm³/mol.